The van der Waals surface area contributed by atoms with Gasteiger partial charge in [0.15, 0.2) is 16.6 Å². The van der Waals surface area contributed by atoms with Crippen molar-refractivity contribution in [1.29, 1.82) is 0 Å². The second-order valence-electron chi connectivity index (χ2n) is 10.7. The third-order valence-electron chi connectivity index (χ3n) is 7.97. The maximum Gasteiger partial charge on any atom is 0.439 e. The third-order valence-corrected chi connectivity index (χ3v) is 8.97. The molecule has 2 aliphatic rings. The van der Waals surface area contributed by atoms with Crippen molar-refractivity contribution >= 4 is 28.7 Å². The maximum absolute atomic E-state index is 11.7. The van der Waals surface area contributed by atoms with Gasteiger partial charge in [-0.3, -0.25) is 9.51 Å². The van der Waals surface area contributed by atoms with Crippen LogP contribution in [-0.2, 0) is 6.54 Å². The summed E-state index contributed by atoms with van der Waals surface area (Å²) in [6.07, 6.45) is 8.69. The Morgan fingerprint density at radius 1 is 1.11 bits per heavy atom. The van der Waals surface area contributed by atoms with Gasteiger partial charge >= 0.3 is 5.76 Å². The van der Waals surface area contributed by atoms with Crippen LogP contribution in [-0.4, -0.2) is 35.7 Å². The fraction of sp³-hybridized carbons (Fsp3) is 0.519. The van der Waals surface area contributed by atoms with Crippen LogP contribution in [0.1, 0.15) is 58.8 Å². The molecule has 0 radical (unpaired) electrons. The summed E-state index contributed by atoms with van der Waals surface area (Å²) >= 11 is 1.65. The Morgan fingerprint density at radius 2 is 1.89 bits per heavy atom. The Kier molecular flexibility index (Phi) is 6.75. The van der Waals surface area contributed by atoms with Crippen molar-refractivity contribution in [2.75, 3.05) is 5.32 Å². The van der Waals surface area contributed by atoms with E-state index in [1.54, 1.807) is 11.8 Å². The molecule has 194 valence electrons. The fourth-order valence-corrected chi connectivity index (χ4v) is 6.35. The molecule has 0 aliphatic heterocycles. The lowest BCUT2D eigenvalue weighted by Gasteiger charge is -2.32. The number of rotatable bonds is 8. The lowest BCUT2D eigenvalue weighted by Crippen LogP contribution is -2.31. The molecule has 6 rings (SSSR count). The standard InChI is InChI=1S/C27H33N7O2S/c1-16-11-13-18(14-12-16)15-34-21-22(28-17(2)19-7-6-8-19)29-24(25-32-27(35)36-33-25)30-23(21)31-26(34)37-20-9-4-3-5-10-20/h3-5,9-10,16-19H,6-8,11-15H2,1-2H3,(H,28,29,30)(H,32,33,35)/t16-,17-,18-/m1/s1. The minimum absolute atomic E-state index is 0.208. The number of aromatic nitrogens is 6. The number of anilines is 1. The highest BCUT2D eigenvalue weighted by Crippen LogP contribution is 2.37. The SMILES string of the molecule is C[C@@H](Nc1nc(-c2noc(=O)[nH]2)nc2nc(Sc3ccccc3)n(C[C@H]3CC[C@H](C)CC3)c12)C1CCC1. The van der Waals surface area contributed by atoms with Gasteiger partial charge in [0.05, 0.1) is 0 Å². The summed E-state index contributed by atoms with van der Waals surface area (Å²) < 4.78 is 7.06. The minimum Gasteiger partial charge on any atom is -0.365 e. The number of H-pyrrole nitrogens is 1. The molecule has 3 heterocycles. The van der Waals surface area contributed by atoms with Crippen LogP contribution < -0.4 is 11.1 Å². The smallest absolute Gasteiger partial charge is 0.365 e. The van der Waals surface area contributed by atoms with Crippen LogP contribution in [0.5, 0.6) is 0 Å². The summed E-state index contributed by atoms with van der Waals surface area (Å²) in [7, 11) is 0. The molecule has 1 aromatic carbocycles. The van der Waals surface area contributed by atoms with E-state index in [0.29, 0.717) is 23.3 Å². The molecule has 0 saturated heterocycles. The summed E-state index contributed by atoms with van der Waals surface area (Å²) in [4.78, 5) is 30.0. The molecule has 0 bridgehead atoms. The van der Waals surface area contributed by atoms with Gasteiger partial charge in [-0.2, -0.15) is 0 Å². The number of hydrogen-bond acceptors (Lipinski definition) is 8. The Balaban J connectivity index is 1.46. The molecule has 3 aromatic heterocycles. The molecule has 9 nitrogen and oxygen atoms in total. The largest absolute Gasteiger partial charge is 0.439 e. The molecule has 2 saturated carbocycles. The van der Waals surface area contributed by atoms with Crippen molar-refractivity contribution in [3.8, 4) is 11.6 Å². The average Bonchev–Trinajstić information content (AvgIpc) is 3.43. The van der Waals surface area contributed by atoms with Gasteiger partial charge in [0.1, 0.15) is 5.52 Å². The van der Waals surface area contributed by atoms with Crippen LogP contribution in [0.15, 0.2) is 49.7 Å². The normalized spacial score (nSPS) is 21.1. The first-order chi connectivity index (χ1) is 18.0. The van der Waals surface area contributed by atoms with Gasteiger partial charge in [0.2, 0.25) is 11.6 Å². The van der Waals surface area contributed by atoms with Crippen LogP contribution in [0, 0.1) is 17.8 Å². The molecule has 2 aliphatic carbocycles. The van der Waals surface area contributed by atoms with Gasteiger partial charge in [-0.05, 0) is 62.5 Å². The molecular formula is C27H33N7O2S. The van der Waals surface area contributed by atoms with E-state index in [1.165, 1.54) is 44.9 Å². The Morgan fingerprint density at radius 3 is 2.57 bits per heavy atom. The lowest BCUT2D eigenvalue weighted by atomic mass is 9.80. The van der Waals surface area contributed by atoms with E-state index in [2.05, 4.69) is 46.0 Å². The van der Waals surface area contributed by atoms with Crippen LogP contribution in [0.4, 0.5) is 5.82 Å². The summed E-state index contributed by atoms with van der Waals surface area (Å²) in [5.41, 5.74) is 1.51. The average molecular weight is 520 g/mol. The first kappa shape index (κ1) is 24.2. The van der Waals surface area contributed by atoms with Gasteiger partial charge in [-0.15, -0.1) is 0 Å². The minimum atomic E-state index is -0.631. The number of nitrogens with zero attached hydrogens (tertiary/aromatic N) is 5. The highest BCUT2D eigenvalue weighted by atomic mass is 32.2. The topological polar surface area (TPSA) is 115 Å². The lowest BCUT2D eigenvalue weighted by molar-refractivity contribution is 0.262. The van der Waals surface area contributed by atoms with Crippen molar-refractivity contribution in [2.24, 2.45) is 17.8 Å². The molecular weight excluding hydrogens is 486 g/mol. The predicted molar refractivity (Wildman–Crippen MR) is 144 cm³/mol. The monoisotopic (exact) mass is 519 g/mol. The Hall–Kier alpha value is -3.14. The molecule has 10 heteroatoms. The molecule has 2 N–H and O–H groups in total. The number of aromatic amines is 1. The number of nitrogens with one attached hydrogen (secondary N) is 2. The molecule has 37 heavy (non-hydrogen) atoms. The third kappa shape index (κ3) is 5.16. The molecule has 2 fully saturated rings. The summed E-state index contributed by atoms with van der Waals surface area (Å²) in [6.45, 7) is 5.46. The van der Waals surface area contributed by atoms with Crippen molar-refractivity contribution in [2.45, 2.75) is 81.4 Å². The Labute approximate surface area is 219 Å². The van der Waals surface area contributed by atoms with E-state index >= 15 is 0 Å². The Bertz CT molecular complexity index is 1420. The van der Waals surface area contributed by atoms with E-state index in [-0.39, 0.29) is 11.9 Å². The van der Waals surface area contributed by atoms with Crippen LogP contribution >= 0.6 is 11.8 Å². The van der Waals surface area contributed by atoms with Crippen molar-refractivity contribution < 1.29 is 4.52 Å². The fourth-order valence-electron chi connectivity index (χ4n) is 5.43. The van der Waals surface area contributed by atoms with Crippen LogP contribution in [0.2, 0.25) is 0 Å². The highest BCUT2D eigenvalue weighted by Gasteiger charge is 2.28. The van der Waals surface area contributed by atoms with E-state index in [0.717, 1.165) is 33.8 Å². The second-order valence-corrected chi connectivity index (χ2v) is 11.7. The summed E-state index contributed by atoms with van der Waals surface area (Å²) in [6, 6.07) is 10.6. The molecule has 0 amide bonds. The molecule has 4 aromatic rings. The zero-order valence-electron chi connectivity index (χ0n) is 21.3. The number of benzene rings is 1. The zero-order valence-corrected chi connectivity index (χ0v) is 22.1. The zero-order chi connectivity index (χ0) is 25.4. The van der Waals surface area contributed by atoms with Crippen LogP contribution in [0.3, 0.4) is 0 Å². The first-order valence-electron chi connectivity index (χ1n) is 13.4. The van der Waals surface area contributed by atoms with Crippen molar-refractivity contribution in [3.63, 3.8) is 0 Å². The van der Waals surface area contributed by atoms with Gasteiger partial charge in [0, 0.05) is 17.5 Å². The quantitative estimate of drug-likeness (QED) is 0.302. The highest BCUT2D eigenvalue weighted by molar-refractivity contribution is 7.99. The maximum atomic E-state index is 11.7. The van der Waals surface area contributed by atoms with Gasteiger partial charge in [-0.25, -0.2) is 19.7 Å². The summed E-state index contributed by atoms with van der Waals surface area (Å²) in [5, 5.41) is 8.43. The molecule has 0 unspecified atom stereocenters. The molecule has 1 atom stereocenters. The van der Waals surface area contributed by atoms with Crippen molar-refractivity contribution in [1.82, 2.24) is 29.7 Å². The van der Waals surface area contributed by atoms with Gasteiger partial charge in [0.25, 0.3) is 0 Å². The molecule has 0 spiro atoms. The number of fused-ring (bicyclic) bond motifs is 1. The number of imidazole rings is 1. The van der Waals surface area contributed by atoms with E-state index in [1.807, 2.05) is 18.2 Å². The second kappa shape index (κ2) is 10.3. The van der Waals surface area contributed by atoms with Crippen LogP contribution in [0.25, 0.3) is 22.8 Å². The summed E-state index contributed by atoms with van der Waals surface area (Å²) in [5.74, 6) is 2.62. The predicted octanol–water partition coefficient (Wildman–Crippen LogP) is 5.75. The van der Waals surface area contributed by atoms with E-state index in [9.17, 15) is 4.79 Å². The number of hydrogen-bond donors (Lipinski definition) is 2. The van der Waals surface area contributed by atoms with E-state index < -0.39 is 5.76 Å². The first-order valence-corrected chi connectivity index (χ1v) is 14.2. The van der Waals surface area contributed by atoms with Gasteiger partial charge in [-0.1, -0.05) is 61.3 Å². The van der Waals surface area contributed by atoms with Crippen molar-refractivity contribution in [3.05, 3.63) is 40.9 Å². The van der Waals surface area contributed by atoms with Gasteiger partial charge < -0.3 is 9.88 Å². The van der Waals surface area contributed by atoms with E-state index in [4.69, 9.17) is 19.5 Å².